The van der Waals surface area contributed by atoms with E-state index in [1.807, 2.05) is 24.4 Å². The van der Waals surface area contributed by atoms with E-state index in [1.165, 1.54) is 11.3 Å². The Morgan fingerprint density at radius 3 is 2.84 bits per heavy atom. The minimum Gasteiger partial charge on any atom is -0.496 e. The second-order valence-corrected chi connectivity index (χ2v) is 5.04. The van der Waals surface area contributed by atoms with E-state index in [1.54, 1.807) is 19.5 Å². The first-order valence-electron chi connectivity index (χ1n) is 6.12. The molecule has 0 radical (unpaired) electrons. The first kappa shape index (κ1) is 13.8. The number of hydrogen-bond acceptors (Lipinski definition) is 5. The van der Waals surface area contributed by atoms with Crippen LogP contribution in [-0.2, 0) is 0 Å². The zero-order chi connectivity index (χ0) is 13.7. The van der Waals surface area contributed by atoms with Crippen LogP contribution in [0.3, 0.4) is 0 Å². The highest BCUT2D eigenvalue weighted by Crippen LogP contribution is 2.31. The Morgan fingerprint density at radius 2 is 2.16 bits per heavy atom. The molecule has 2 aromatic rings. The van der Waals surface area contributed by atoms with Gasteiger partial charge < -0.3 is 14.6 Å². The van der Waals surface area contributed by atoms with Crippen molar-refractivity contribution in [3.8, 4) is 11.5 Å². The van der Waals surface area contributed by atoms with E-state index in [4.69, 9.17) is 9.47 Å². The van der Waals surface area contributed by atoms with Crippen LogP contribution < -0.4 is 9.47 Å². The Morgan fingerprint density at radius 1 is 1.32 bits per heavy atom. The number of pyridine rings is 1. The lowest BCUT2D eigenvalue weighted by Gasteiger charge is -2.10. The molecule has 0 spiro atoms. The van der Waals surface area contributed by atoms with Crippen molar-refractivity contribution in [2.24, 2.45) is 0 Å². The van der Waals surface area contributed by atoms with Gasteiger partial charge >= 0.3 is 0 Å². The van der Waals surface area contributed by atoms with Crippen LogP contribution in [0.4, 0.5) is 0 Å². The summed E-state index contributed by atoms with van der Waals surface area (Å²) >= 11 is 1.46. The molecular formula is C14H17NO3S. The number of rotatable bonds is 6. The quantitative estimate of drug-likeness (QED) is 0.883. The van der Waals surface area contributed by atoms with Crippen molar-refractivity contribution in [3.05, 3.63) is 40.3 Å². The Labute approximate surface area is 116 Å². The van der Waals surface area contributed by atoms with Gasteiger partial charge in [-0.3, -0.25) is 4.98 Å². The van der Waals surface area contributed by atoms with Gasteiger partial charge in [0.15, 0.2) is 0 Å². The summed E-state index contributed by atoms with van der Waals surface area (Å²) in [5.74, 6) is 1.44. The summed E-state index contributed by atoms with van der Waals surface area (Å²) < 4.78 is 10.6. The third-order valence-corrected chi connectivity index (χ3v) is 3.59. The molecule has 0 saturated heterocycles. The monoisotopic (exact) mass is 279 g/mol. The lowest BCUT2D eigenvalue weighted by atomic mass is 10.1. The van der Waals surface area contributed by atoms with Crippen LogP contribution in [0.15, 0.2) is 29.9 Å². The van der Waals surface area contributed by atoms with Gasteiger partial charge in [0, 0.05) is 22.0 Å². The average Bonchev–Trinajstić information content (AvgIpc) is 2.93. The van der Waals surface area contributed by atoms with Crippen LogP contribution in [0, 0.1) is 0 Å². The van der Waals surface area contributed by atoms with E-state index in [0.717, 1.165) is 22.6 Å². The molecule has 2 heterocycles. The van der Waals surface area contributed by atoms with Crippen molar-refractivity contribution in [1.29, 1.82) is 0 Å². The SMILES string of the molecule is CCCOc1cncc(C(O)c2cc(OC)cs2)c1. The van der Waals surface area contributed by atoms with Crippen molar-refractivity contribution in [3.63, 3.8) is 0 Å². The first-order chi connectivity index (χ1) is 9.24. The summed E-state index contributed by atoms with van der Waals surface area (Å²) in [5.41, 5.74) is 0.720. The second-order valence-electron chi connectivity index (χ2n) is 4.09. The molecule has 19 heavy (non-hydrogen) atoms. The van der Waals surface area contributed by atoms with Crippen molar-refractivity contribution < 1.29 is 14.6 Å². The molecule has 102 valence electrons. The van der Waals surface area contributed by atoms with E-state index < -0.39 is 6.10 Å². The standard InChI is InChI=1S/C14H17NO3S/c1-3-4-18-11-5-10(7-15-8-11)14(16)13-6-12(17-2)9-19-13/h5-9,14,16H,3-4H2,1-2H3. The molecule has 1 atom stereocenters. The third kappa shape index (κ3) is 3.45. The maximum absolute atomic E-state index is 10.3. The number of hydrogen-bond donors (Lipinski definition) is 1. The van der Waals surface area contributed by atoms with Crippen LogP contribution in [0.1, 0.15) is 29.9 Å². The predicted molar refractivity (Wildman–Crippen MR) is 75.0 cm³/mol. The molecule has 0 aliphatic carbocycles. The summed E-state index contributed by atoms with van der Waals surface area (Å²) in [4.78, 5) is 4.92. The topological polar surface area (TPSA) is 51.6 Å². The Kier molecular flexibility index (Phi) is 4.76. The molecule has 2 rings (SSSR count). The van der Waals surface area contributed by atoms with Gasteiger partial charge in [0.2, 0.25) is 0 Å². The number of aliphatic hydroxyl groups excluding tert-OH is 1. The molecule has 5 heteroatoms. The molecule has 0 fully saturated rings. The van der Waals surface area contributed by atoms with Crippen molar-refractivity contribution in [2.45, 2.75) is 19.4 Å². The summed E-state index contributed by atoms with van der Waals surface area (Å²) in [6, 6.07) is 3.65. The summed E-state index contributed by atoms with van der Waals surface area (Å²) in [6.45, 7) is 2.69. The van der Waals surface area contributed by atoms with E-state index in [0.29, 0.717) is 12.4 Å². The number of methoxy groups -OCH3 is 1. The average molecular weight is 279 g/mol. The number of thiophene rings is 1. The lowest BCUT2D eigenvalue weighted by molar-refractivity contribution is 0.222. The van der Waals surface area contributed by atoms with E-state index in [2.05, 4.69) is 4.98 Å². The largest absolute Gasteiger partial charge is 0.496 e. The Bertz CT molecular complexity index is 527. The van der Waals surface area contributed by atoms with E-state index in [9.17, 15) is 5.11 Å². The fourth-order valence-corrected chi connectivity index (χ4v) is 2.50. The highest BCUT2D eigenvalue weighted by atomic mass is 32.1. The minimum atomic E-state index is -0.702. The Hall–Kier alpha value is -1.59. The van der Waals surface area contributed by atoms with Crippen LogP contribution in [0.25, 0.3) is 0 Å². The summed E-state index contributed by atoms with van der Waals surface area (Å²) in [6.07, 6.45) is 3.54. The predicted octanol–water partition coefficient (Wildman–Crippen LogP) is 3.02. The Balaban J connectivity index is 2.15. The van der Waals surface area contributed by atoms with Crippen molar-refractivity contribution in [2.75, 3.05) is 13.7 Å². The highest BCUT2D eigenvalue weighted by Gasteiger charge is 2.14. The molecule has 1 N–H and O–H groups in total. The van der Waals surface area contributed by atoms with Gasteiger partial charge in [0.1, 0.15) is 17.6 Å². The molecule has 0 saturated carbocycles. The van der Waals surface area contributed by atoms with Crippen LogP contribution in [0.2, 0.25) is 0 Å². The summed E-state index contributed by atoms with van der Waals surface area (Å²) in [5, 5.41) is 12.2. The van der Waals surface area contributed by atoms with Crippen LogP contribution in [0.5, 0.6) is 11.5 Å². The third-order valence-electron chi connectivity index (χ3n) is 2.62. The minimum absolute atomic E-state index is 0.647. The zero-order valence-corrected chi connectivity index (χ0v) is 11.8. The normalized spacial score (nSPS) is 12.2. The summed E-state index contributed by atoms with van der Waals surface area (Å²) in [7, 11) is 1.61. The van der Waals surface area contributed by atoms with Gasteiger partial charge in [0.05, 0.1) is 19.9 Å². The molecule has 0 bridgehead atoms. The van der Waals surface area contributed by atoms with Crippen LogP contribution in [-0.4, -0.2) is 23.8 Å². The van der Waals surface area contributed by atoms with E-state index >= 15 is 0 Å². The van der Waals surface area contributed by atoms with Gasteiger partial charge in [-0.25, -0.2) is 0 Å². The molecule has 4 nitrogen and oxygen atoms in total. The smallest absolute Gasteiger partial charge is 0.137 e. The number of nitrogens with zero attached hydrogens (tertiary/aromatic N) is 1. The number of aromatic nitrogens is 1. The van der Waals surface area contributed by atoms with Gasteiger partial charge in [-0.15, -0.1) is 11.3 Å². The molecule has 0 aromatic carbocycles. The molecule has 0 amide bonds. The first-order valence-corrected chi connectivity index (χ1v) is 7.00. The number of ether oxygens (including phenoxy) is 2. The van der Waals surface area contributed by atoms with Gasteiger partial charge in [-0.05, 0) is 18.6 Å². The zero-order valence-electron chi connectivity index (χ0n) is 11.0. The maximum Gasteiger partial charge on any atom is 0.137 e. The van der Waals surface area contributed by atoms with Crippen LogP contribution >= 0.6 is 11.3 Å². The molecule has 1 unspecified atom stereocenters. The van der Waals surface area contributed by atoms with Crippen molar-refractivity contribution >= 4 is 11.3 Å². The molecule has 2 aromatic heterocycles. The highest BCUT2D eigenvalue weighted by molar-refractivity contribution is 7.10. The molecule has 0 aliphatic rings. The molecular weight excluding hydrogens is 262 g/mol. The fourth-order valence-electron chi connectivity index (χ4n) is 1.63. The molecule has 0 aliphatic heterocycles. The fraction of sp³-hybridized carbons (Fsp3) is 0.357. The van der Waals surface area contributed by atoms with Crippen molar-refractivity contribution in [1.82, 2.24) is 4.98 Å². The van der Waals surface area contributed by atoms with E-state index in [-0.39, 0.29) is 0 Å². The van der Waals surface area contributed by atoms with Gasteiger partial charge in [-0.2, -0.15) is 0 Å². The van der Waals surface area contributed by atoms with Gasteiger partial charge in [0.25, 0.3) is 0 Å². The lowest BCUT2D eigenvalue weighted by Crippen LogP contribution is -2.00. The van der Waals surface area contributed by atoms with Gasteiger partial charge in [-0.1, -0.05) is 6.92 Å². The second kappa shape index (κ2) is 6.54. The maximum atomic E-state index is 10.3. The number of aliphatic hydroxyl groups is 1.